The minimum absolute atomic E-state index is 0.0335. The molecule has 1 aliphatic rings. The van der Waals surface area contributed by atoms with E-state index in [0.717, 1.165) is 31.9 Å². The van der Waals surface area contributed by atoms with E-state index < -0.39 is 0 Å². The SMILES string of the molecule is CN(CCN1CCCC1)C(=O)c1ccc(N(C)C)c(N)c1. The van der Waals surface area contributed by atoms with E-state index in [1.165, 1.54) is 12.8 Å². The second-order valence-corrected chi connectivity index (χ2v) is 5.94. The Morgan fingerprint density at radius 3 is 2.48 bits per heavy atom. The molecule has 116 valence electrons. The number of likely N-dealkylation sites (tertiary alicyclic amines) is 1. The van der Waals surface area contributed by atoms with Crippen LogP contribution in [0.1, 0.15) is 23.2 Å². The van der Waals surface area contributed by atoms with Crippen LogP contribution in [-0.2, 0) is 0 Å². The first-order chi connectivity index (χ1) is 9.99. The highest BCUT2D eigenvalue weighted by Crippen LogP contribution is 2.22. The molecular formula is C16H26N4O. The Morgan fingerprint density at radius 2 is 1.90 bits per heavy atom. The zero-order valence-corrected chi connectivity index (χ0v) is 13.3. The predicted molar refractivity (Wildman–Crippen MR) is 87.8 cm³/mol. The summed E-state index contributed by atoms with van der Waals surface area (Å²) >= 11 is 0. The van der Waals surface area contributed by atoms with E-state index in [1.54, 1.807) is 11.0 Å². The van der Waals surface area contributed by atoms with Gasteiger partial charge in [0, 0.05) is 39.8 Å². The van der Waals surface area contributed by atoms with E-state index >= 15 is 0 Å². The number of hydrogen-bond acceptors (Lipinski definition) is 4. The van der Waals surface area contributed by atoms with Crippen molar-refractivity contribution in [3.8, 4) is 0 Å². The van der Waals surface area contributed by atoms with Crippen molar-refractivity contribution in [2.24, 2.45) is 0 Å². The summed E-state index contributed by atoms with van der Waals surface area (Å²) in [5, 5.41) is 0. The summed E-state index contributed by atoms with van der Waals surface area (Å²) in [7, 11) is 5.74. The van der Waals surface area contributed by atoms with Gasteiger partial charge in [0.25, 0.3) is 5.91 Å². The van der Waals surface area contributed by atoms with Gasteiger partial charge in [-0.05, 0) is 44.1 Å². The van der Waals surface area contributed by atoms with Gasteiger partial charge in [-0.25, -0.2) is 0 Å². The second-order valence-electron chi connectivity index (χ2n) is 5.94. The molecule has 1 aromatic carbocycles. The topological polar surface area (TPSA) is 52.8 Å². The van der Waals surface area contributed by atoms with Gasteiger partial charge in [-0.15, -0.1) is 0 Å². The Labute approximate surface area is 127 Å². The highest BCUT2D eigenvalue weighted by molar-refractivity contribution is 5.96. The first-order valence-electron chi connectivity index (χ1n) is 7.53. The smallest absolute Gasteiger partial charge is 0.253 e. The number of nitrogens with zero attached hydrogens (tertiary/aromatic N) is 3. The fourth-order valence-electron chi connectivity index (χ4n) is 2.71. The molecule has 0 aliphatic carbocycles. The van der Waals surface area contributed by atoms with E-state index in [9.17, 15) is 4.79 Å². The van der Waals surface area contributed by atoms with Gasteiger partial charge in [0.1, 0.15) is 0 Å². The van der Waals surface area contributed by atoms with Crippen LogP contribution in [0.2, 0.25) is 0 Å². The molecule has 1 aliphatic heterocycles. The first-order valence-corrected chi connectivity index (χ1v) is 7.53. The molecule has 0 atom stereocenters. The van der Waals surface area contributed by atoms with E-state index in [1.807, 2.05) is 38.2 Å². The van der Waals surface area contributed by atoms with Crippen molar-refractivity contribution in [1.82, 2.24) is 9.80 Å². The van der Waals surface area contributed by atoms with Crippen molar-refractivity contribution in [1.29, 1.82) is 0 Å². The Bertz CT molecular complexity index is 495. The summed E-state index contributed by atoms with van der Waals surface area (Å²) in [6.07, 6.45) is 2.56. The lowest BCUT2D eigenvalue weighted by molar-refractivity contribution is 0.0782. The van der Waals surface area contributed by atoms with E-state index in [2.05, 4.69) is 4.90 Å². The maximum Gasteiger partial charge on any atom is 0.253 e. The molecule has 5 nitrogen and oxygen atoms in total. The van der Waals surface area contributed by atoms with Crippen LogP contribution in [0.5, 0.6) is 0 Å². The molecule has 0 bridgehead atoms. The average molecular weight is 290 g/mol. The molecule has 2 rings (SSSR count). The molecule has 1 aromatic rings. The number of benzene rings is 1. The maximum atomic E-state index is 12.4. The minimum atomic E-state index is 0.0335. The lowest BCUT2D eigenvalue weighted by Gasteiger charge is -2.22. The van der Waals surface area contributed by atoms with Crippen LogP contribution in [0.25, 0.3) is 0 Å². The Balaban J connectivity index is 1.96. The quantitative estimate of drug-likeness (QED) is 0.835. The summed E-state index contributed by atoms with van der Waals surface area (Å²) in [6, 6.07) is 5.52. The number of nitrogens with two attached hydrogens (primary N) is 1. The molecule has 1 heterocycles. The molecule has 21 heavy (non-hydrogen) atoms. The molecule has 0 aromatic heterocycles. The summed E-state index contributed by atoms with van der Waals surface area (Å²) in [5.74, 6) is 0.0335. The third kappa shape index (κ3) is 3.88. The van der Waals surface area contributed by atoms with Crippen LogP contribution >= 0.6 is 0 Å². The zero-order valence-electron chi connectivity index (χ0n) is 13.3. The van der Waals surface area contributed by atoms with Crippen LogP contribution in [0.15, 0.2) is 18.2 Å². The fraction of sp³-hybridized carbons (Fsp3) is 0.562. The van der Waals surface area contributed by atoms with E-state index in [4.69, 9.17) is 5.73 Å². The number of carbonyl (C=O) groups excluding carboxylic acids is 1. The summed E-state index contributed by atoms with van der Waals surface area (Å²) in [4.78, 5) is 18.6. The molecule has 1 fully saturated rings. The Morgan fingerprint density at radius 1 is 1.24 bits per heavy atom. The van der Waals surface area contributed by atoms with E-state index in [0.29, 0.717) is 11.3 Å². The molecule has 0 saturated carbocycles. The van der Waals surface area contributed by atoms with Crippen molar-refractivity contribution in [3.05, 3.63) is 23.8 Å². The number of hydrogen-bond donors (Lipinski definition) is 1. The average Bonchev–Trinajstić information content (AvgIpc) is 2.96. The minimum Gasteiger partial charge on any atom is -0.397 e. The van der Waals surface area contributed by atoms with Gasteiger partial charge >= 0.3 is 0 Å². The Kier molecular flexibility index (Phi) is 5.07. The molecule has 0 spiro atoms. The summed E-state index contributed by atoms with van der Waals surface area (Å²) in [6.45, 7) is 4.03. The molecule has 1 amide bonds. The number of amides is 1. The van der Waals surface area contributed by atoms with Gasteiger partial charge in [-0.3, -0.25) is 4.79 Å². The van der Waals surface area contributed by atoms with Gasteiger partial charge in [0.2, 0.25) is 0 Å². The van der Waals surface area contributed by atoms with Crippen LogP contribution in [0.3, 0.4) is 0 Å². The largest absolute Gasteiger partial charge is 0.397 e. The van der Waals surface area contributed by atoms with Crippen LogP contribution in [0, 0.1) is 0 Å². The van der Waals surface area contributed by atoms with Gasteiger partial charge in [0.15, 0.2) is 0 Å². The second kappa shape index (κ2) is 6.80. The molecule has 1 saturated heterocycles. The van der Waals surface area contributed by atoms with Crippen LogP contribution < -0.4 is 10.6 Å². The summed E-state index contributed by atoms with van der Waals surface area (Å²) < 4.78 is 0. The van der Waals surface area contributed by atoms with Crippen molar-refractivity contribution in [3.63, 3.8) is 0 Å². The predicted octanol–water partition coefficient (Wildman–Crippen LogP) is 1.50. The van der Waals surface area contributed by atoms with Crippen molar-refractivity contribution in [2.45, 2.75) is 12.8 Å². The van der Waals surface area contributed by atoms with Crippen LogP contribution in [-0.4, -0.2) is 63.0 Å². The molecule has 2 N–H and O–H groups in total. The van der Waals surface area contributed by atoms with Crippen molar-refractivity contribution in [2.75, 3.05) is 58.0 Å². The van der Waals surface area contributed by atoms with Gasteiger partial charge in [-0.2, -0.15) is 0 Å². The third-order valence-corrected chi connectivity index (χ3v) is 4.05. The molecule has 5 heteroatoms. The standard InChI is InChI=1S/C16H26N4O/c1-18(2)15-7-6-13(12-14(15)17)16(21)19(3)10-11-20-8-4-5-9-20/h6-7,12H,4-5,8-11,17H2,1-3H3. The molecule has 0 unspecified atom stereocenters. The third-order valence-electron chi connectivity index (χ3n) is 4.05. The normalized spacial score (nSPS) is 15.2. The molecular weight excluding hydrogens is 264 g/mol. The lowest BCUT2D eigenvalue weighted by atomic mass is 10.1. The van der Waals surface area contributed by atoms with Gasteiger partial charge < -0.3 is 20.4 Å². The number of carbonyl (C=O) groups is 1. The van der Waals surface area contributed by atoms with Gasteiger partial charge in [0.05, 0.1) is 11.4 Å². The highest BCUT2D eigenvalue weighted by Gasteiger charge is 2.16. The zero-order chi connectivity index (χ0) is 15.4. The maximum absolute atomic E-state index is 12.4. The Hall–Kier alpha value is -1.75. The number of rotatable bonds is 5. The van der Waals surface area contributed by atoms with Crippen molar-refractivity contribution >= 4 is 17.3 Å². The molecule has 0 radical (unpaired) electrons. The van der Waals surface area contributed by atoms with E-state index in [-0.39, 0.29) is 5.91 Å². The monoisotopic (exact) mass is 290 g/mol. The number of anilines is 2. The highest BCUT2D eigenvalue weighted by atomic mass is 16.2. The van der Waals surface area contributed by atoms with Crippen LogP contribution in [0.4, 0.5) is 11.4 Å². The first kappa shape index (κ1) is 15.6. The number of likely N-dealkylation sites (N-methyl/N-ethyl adjacent to an activating group) is 1. The lowest BCUT2D eigenvalue weighted by Crippen LogP contribution is -2.35. The number of nitrogen functional groups attached to an aromatic ring is 1. The summed E-state index contributed by atoms with van der Waals surface area (Å²) in [5.41, 5.74) is 8.24. The fourth-order valence-corrected chi connectivity index (χ4v) is 2.71. The van der Waals surface area contributed by atoms with Gasteiger partial charge in [-0.1, -0.05) is 0 Å². The van der Waals surface area contributed by atoms with Crippen molar-refractivity contribution < 1.29 is 4.79 Å².